The first-order valence-electron chi connectivity index (χ1n) is 6.30. The molecule has 0 spiro atoms. The summed E-state index contributed by atoms with van der Waals surface area (Å²) in [5, 5.41) is 22.5. The minimum Gasteiger partial charge on any atom is -0.480 e. The fourth-order valence-corrected chi connectivity index (χ4v) is 1.55. The molecule has 0 aliphatic rings. The lowest BCUT2D eigenvalue weighted by molar-refractivity contribution is -0.144. The highest BCUT2D eigenvalue weighted by Gasteiger charge is 2.22. The van der Waals surface area contributed by atoms with Gasteiger partial charge >= 0.3 is 17.9 Å². The first-order valence-corrected chi connectivity index (χ1v) is 6.30. The number of hydrogen-bond acceptors (Lipinski definition) is 6. The van der Waals surface area contributed by atoms with Crippen LogP contribution in [-0.2, 0) is 23.9 Å². The van der Waals surface area contributed by atoms with E-state index in [2.05, 4.69) is 15.4 Å². The Morgan fingerprint density at radius 2 is 1.52 bits per heavy atom. The summed E-state index contributed by atoms with van der Waals surface area (Å²) >= 11 is 0. The van der Waals surface area contributed by atoms with Crippen LogP contribution in [0.3, 0.4) is 0 Å². The van der Waals surface area contributed by atoms with E-state index in [0.29, 0.717) is 0 Å². The van der Waals surface area contributed by atoms with Gasteiger partial charge in [-0.3, -0.25) is 14.4 Å². The number of methoxy groups -OCH3 is 1. The number of carbonyl (C=O) groups excluding carboxylic acids is 2. The molecule has 0 aromatic heterocycles. The van der Waals surface area contributed by atoms with Crippen molar-refractivity contribution in [3.63, 3.8) is 0 Å². The van der Waals surface area contributed by atoms with Crippen LogP contribution in [-0.4, -0.2) is 60.3 Å². The summed E-state index contributed by atoms with van der Waals surface area (Å²) in [6.45, 7) is 0. The number of nitrogens with one attached hydrogen (secondary N) is 2. The highest BCUT2D eigenvalue weighted by atomic mass is 16.5. The van der Waals surface area contributed by atoms with Gasteiger partial charge in [0.2, 0.25) is 5.91 Å². The normalized spacial score (nSPS) is 13.0. The number of carboxylic acid groups (broad SMARTS) is 2. The number of hydrogen-bond donors (Lipinski definition) is 4. The van der Waals surface area contributed by atoms with E-state index in [-0.39, 0.29) is 25.7 Å². The molecule has 0 aliphatic carbocycles. The van der Waals surface area contributed by atoms with Gasteiger partial charge in [0, 0.05) is 12.8 Å². The molecule has 0 saturated heterocycles. The average Bonchev–Trinajstić information content (AvgIpc) is 2.42. The van der Waals surface area contributed by atoms with Gasteiger partial charge in [0.1, 0.15) is 12.1 Å². The van der Waals surface area contributed by atoms with E-state index in [9.17, 15) is 19.2 Å². The van der Waals surface area contributed by atoms with Crippen molar-refractivity contribution in [2.45, 2.75) is 37.8 Å². The molecule has 4 N–H and O–H groups in total. The third-order valence-corrected chi connectivity index (χ3v) is 2.80. The van der Waals surface area contributed by atoms with Crippen LogP contribution in [0, 0.1) is 0 Å². The van der Waals surface area contributed by atoms with Gasteiger partial charge < -0.3 is 25.6 Å². The average molecular weight is 304 g/mol. The van der Waals surface area contributed by atoms with Crippen molar-refractivity contribution >= 4 is 23.8 Å². The van der Waals surface area contributed by atoms with Crippen LogP contribution in [0.15, 0.2) is 0 Å². The SMILES string of the molecule is CN[C@@H](CCC(=O)NC(CCC(=O)OC)C(=O)O)C(=O)O. The van der Waals surface area contributed by atoms with Crippen LogP contribution >= 0.6 is 0 Å². The maximum atomic E-state index is 11.6. The minimum absolute atomic E-state index is 0.0288. The van der Waals surface area contributed by atoms with E-state index >= 15 is 0 Å². The predicted octanol–water partition coefficient (Wildman–Crippen LogP) is -1.04. The van der Waals surface area contributed by atoms with Gasteiger partial charge in [-0.2, -0.15) is 0 Å². The second-order valence-corrected chi connectivity index (χ2v) is 4.29. The van der Waals surface area contributed by atoms with Gasteiger partial charge in [-0.05, 0) is 19.9 Å². The van der Waals surface area contributed by atoms with Crippen LogP contribution in [0.5, 0.6) is 0 Å². The molecule has 2 atom stereocenters. The maximum absolute atomic E-state index is 11.6. The van der Waals surface area contributed by atoms with Crippen molar-refractivity contribution in [2.24, 2.45) is 0 Å². The molecule has 9 nitrogen and oxygen atoms in total. The van der Waals surface area contributed by atoms with E-state index in [0.717, 1.165) is 0 Å². The first-order chi connectivity index (χ1) is 9.81. The lowest BCUT2D eigenvalue weighted by atomic mass is 10.1. The van der Waals surface area contributed by atoms with Gasteiger partial charge in [0.05, 0.1) is 7.11 Å². The lowest BCUT2D eigenvalue weighted by Gasteiger charge is -2.15. The molecule has 0 aromatic carbocycles. The van der Waals surface area contributed by atoms with E-state index in [4.69, 9.17) is 10.2 Å². The van der Waals surface area contributed by atoms with Crippen molar-refractivity contribution in [3.8, 4) is 0 Å². The van der Waals surface area contributed by atoms with Crippen molar-refractivity contribution in [1.29, 1.82) is 0 Å². The smallest absolute Gasteiger partial charge is 0.326 e. The van der Waals surface area contributed by atoms with E-state index in [1.54, 1.807) is 0 Å². The molecule has 120 valence electrons. The largest absolute Gasteiger partial charge is 0.480 e. The van der Waals surface area contributed by atoms with E-state index in [1.165, 1.54) is 14.2 Å². The first kappa shape index (κ1) is 18.8. The summed E-state index contributed by atoms with van der Waals surface area (Å²) in [6, 6.07) is -2.09. The summed E-state index contributed by atoms with van der Waals surface area (Å²) < 4.78 is 4.39. The van der Waals surface area contributed by atoms with Crippen LogP contribution in [0.1, 0.15) is 25.7 Å². The van der Waals surface area contributed by atoms with Crippen LogP contribution < -0.4 is 10.6 Å². The number of rotatable bonds is 10. The minimum atomic E-state index is -1.27. The lowest BCUT2D eigenvalue weighted by Crippen LogP contribution is -2.42. The van der Waals surface area contributed by atoms with E-state index in [1.807, 2.05) is 0 Å². The topological polar surface area (TPSA) is 142 Å². The number of ether oxygens (including phenoxy) is 1. The molecule has 1 amide bonds. The number of likely N-dealkylation sites (N-methyl/N-ethyl adjacent to an activating group) is 1. The third kappa shape index (κ3) is 7.88. The molecule has 0 aromatic rings. The fourth-order valence-electron chi connectivity index (χ4n) is 1.55. The molecule has 1 unspecified atom stereocenters. The highest BCUT2D eigenvalue weighted by molar-refractivity contribution is 5.84. The monoisotopic (exact) mass is 304 g/mol. The molecule has 0 rings (SSSR count). The molecule has 21 heavy (non-hydrogen) atoms. The number of aliphatic carboxylic acids is 2. The van der Waals surface area contributed by atoms with Gasteiger partial charge in [-0.1, -0.05) is 0 Å². The molecular weight excluding hydrogens is 284 g/mol. The Morgan fingerprint density at radius 1 is 1.00 bits per heavy atom. The quantitative estimate of drug-likeness (QED) is 0.375. The van der Waals surface area contributed by atoms with Crippen molar-refractivity contribution in [3.05, 3.63) is 0 Å². The molecular formula is C12H20N2O7. The second-order valence-electron chi connectivity index (χ2n) is 4.29. The number of amides is 1. The van der Waals surface area contributed by atoms with Crippen molar-refractivity contribution < 1.29 is 34.1 Å². The predicted molar refractivity (Wildman–Crippen MR) is 70.5 cm³/mol. The Bertz CT molecular complexity index is 397. The standard InChI is InChI=1S/C12H20N2O7/c1-13-7(11(17)18)3-5-9(15)14-8(12(19)20)4-6-10(16)21-2/h7-8,13H,3-6H2,1-2H3,(H,14,15)(H,17,18)(H,19,20)/t7-,8?/m0/s1. The highest BCUT2D eigenvalue weighted by Crippen LogP contribution is 2.02. The van der Waals surface area contributed by atoms with Crippen molar-refractivity contribution in [1.82, 2.24) is 10.6 Å². The molecule has 0 heterocycles. The molecule has 0 bridgehead atoms. The van der Waals surface area contributed by atoms with Gasteiger partial charge in [-0.25, -0.2) is 4.79 Å². The Balaban J connectivity index is 4.32. The Labute approximate surface area is 121 Å². The second kappa shape index (κ2) is 9.70. The Hall–Kier alpha value is -2.16. The van der Waals surface area contributed by atoms with Gasteiger partial charge in [0.25, 0.3) is 0 Å². The number of carbonyl (C=O) groups is 4. The Morgan fingerprint density at radius 3 is 1.95 bits per heavy atom. The third-order valence-electron chi connectivity index (χ3n) is 2.80. The van der Waals surface area contributed by atoms with Crippen molar-refractivity contribution in [2.75, 3.05) is 14.2 Å². The van der Waals surface area contributed by atoms with Gasteiger partial charge in [0.15, 0.2) is 0 Å². The molecule has 0 saturated carbocycles. The molecule has 0 fully saturated rings. The summed E-state index contributed by atoms with van der Waals surface area (Å²) in [5.41, 5.74) is 0. The zero-order valence-electron chi connectivity index (χ0n) is 11.9. The maximum Gasteiger partial charge on any atom is 0.326 e. The molecule has 9 heteroatoms. The van der Waals surface area contributed by atoms with Crippen LogP contribution in [0.2, 0.25) is 0 Å². The summed E-state index contributed by atoms with van der Waals surface area (Å²) in [4.78, 5) is 44.3. The summed E-state index contributed by atoms with van der Waals surface area (Å²) in [5.74, 6) is -3.52. The molecule has 0 radical (unpaired) electrons. The van der Waals surface area contributed by atoms with Crippen LogP contribution in [0.4, 0.5) is 0 Å². The fraction of sp³-hybridized carbons (Fsp3) is 0.667. The zero-order valence-corrected chi connectivity index (χ0v) is 11.9. The number of carboxylic acids is 2. The van der Waals surface area contributed by atoms with Crippen LogP contribution in [0.25, 0.3) is 0 Å². The zero-order chi connectivity index (χ0) is 16.4. The summed E-state index contributed by atoms with van der Waals surface area (Å²) in [6.07, 6.45) is -0.342. The van der Waals surface area contributed by atoms with Gasteiger partial charge in [-0.15, -0.1) is 0 Å². The van der Waals surface area contributed by atoms with E-state index < -0.39 is 35.9 Å². The summed E-state index contributed by atoms with van der Waals surface area (Å²) in [7, 11) is 2.63. The molecule has 0 aliphatic heterocycles. The Kier molecular flexibility index (Phi) is 8.70. The number of esters is 1.